The summed E-state index contributed by atoms with van der Waals surface area (Å²) in [7, 11) is -3.16. The molecular weight excluding hydrogens is 200 g/mol. The zero-order valence-electron chi connectivity index (χ0n) is 7.34. The van der Waals surface area contributed by atoms with Crippen LogP contribution in [0.3, 0.4) is 0 Å². The van der Waals surface area contributed by atoms with Crippen molar-refractivity contribution in [1.29, 1.82) is 5.26 Å². The molecule has 5 heteroatoms. The Morgan fingerprint density at radius 2 is 2.14 bits per heavy atom. The monoisotopic (exact) mass is 208 g/mol. The molecule has 1 aliphatic rings. The second-order valence-electron chi connectivity index (χ2n) is 3.24. The van der Waals surface area contributed by atoms with E-state index in [0.717, 1.165) is 12.8 Å². The van der Waals surface area contributed by atoms with Crippen LogP contribution in [-0.4, -0.2) is 18.7 Å². The summed E-state index contributed by atoms with van der Waals surface area (Å²) in [5, 5.41) is 8.27. The van der Waals surface area contributed by atoms with Crippen LogP contribution < -0.4 is 0 Å². The van der Waals surface area contributed by atoms with Gasteiger partial charge in [0.15, 0.2) is 9.84 Å². The van der Waals surface area contributed by atoms with E-state index in [-0.39, 0.29) is 15.8 Å². The Bertz CT molecular complexity index is 481. The number of nitriles is 1. The van der Waals surface area contributed by atoms with E-state index >= 15 is 0 Å². The molecule has 1 aliphatic carbocycles. The van der Waals surface area contributed by atoms with Crippen molar-refractivity contribution in [3.63, 3.8) is 0 Å². The standard InChI is InChI=1S/C9H8N2O2S/c10-5-7-1-2-9(6-11-7)14(12,13)8-3-4-8/h1-2,6,8H,3-4H2. The summed E-state index contributed by atoms with van der Waals surface area (Å²) in [4.78, 5) is 3.95. The zero-order chi connectivity index (χ0) is 10.2. The number of hydrogen-bond donors (Lipinski definition) is 0. The normalized spacial score (nSPS) is 16.2. The van der Waals surface area contributed by atoms with E-state index in [9.17, 15) is 8.42 Å². The van der Waals surface area contributed by atoms with Gasteiger partial charge in [0.2, 0.25) is 0 Å². The van der Waals surface area contributed by atoms with E-state index in [2.05, 4.69) is 4.98 Å². The first kappa shape index (κ1) is 9.16. The third-order valence-corrected chi connectivity index (χ3v) is 4.39. The molecule has 14 heavy (non-hydrogen) atoms. The summed E-state index contributed by atoms with van der Waals surface area (Å²) in [5.41, 5.74) is 0.236. The van der Waals surface area contributed by atoms with Crippen molar-refractivity contribution >= 4 is 9.84 Å². The highest BCUT2D eigenvalue weighted by atomic mass is 32.2. The minimum Gasteiger partial charge on any atom is -0.244 e. The summed E-state index contributed by atoms with van der Waals surface area (Å²) in [6, 6.07) is 4.71. The predicted octanol–water partition coefficient (Wildman–Crippen LogP) is 0.889. The van der Waals surface area contributed by atoms with E-state index in [1.165, 1.54) is 18.3 Å². The third-order valence-electron chi connectivity index (χ3n) is 2.14. The first-order valence-corrected chi connectivity index (χ1v) is 5.79. The molecule has 72 valence electrons. The maximum atomic E-state index is 11.7. The molecule has 0 bridgehead atoms. The van der Waals surface area contributed by atoms with Crippen molar-refractivity contribution in [2.75, 3.05) is 0 Å². The lowest BCUT2D eigenvalue weighted by Gasteiger charge is -2.00. The van der Waals surface area contributed by atoms with Gasteiger partial charge >= 0.3 is 0 Å². The van der Waals surface area contributed by atoms with Crippen LogP contribution in [-0.2, 0) is 9.84 Å². The van der Waals surface area contributed by atoms with Gasteiger partial charge < -0.3 is 0 Å². The van der Waals surface area contributed by atoms with E-state index < -0.39 is 9.84 Å². The number of rotatable bonds is 2. The van der Waals surface area contributed by atoms with Crippen LogP contribution in [0.1, 0.15) is 18.5 Å². The Morgan fingerprint density at radius 3 is 2.57 bits per heavy atom. The van der Waals surface area contributed by atoms with Crippen LogP contribution in [0.5, 0.6) is 0 Å². The molecule has 0 atom stereocenters. The maximum absolute atomic E-state index is 11.7. The molecule has 0 aromatic carbocycles. The lowest BCUT2D eigenvalue weighted by atomic mass is 10.4. The molecule has 1 saturated carbocycles. The molecule has 1 aromatic rings. The first-order chi connectivity index (χ1) is 6.64. The molecule has 0 aliphatic heterocycles. The minimum atomic E-state index is -3.16. The van der Waals surface area contributed by atoms with Gasteiger partial charge in [-0.1, -0.05) is 0 Å². The first-order valence-electron chi connectivity index (χ1n) is 4.24. The van der Waals surface area contributed by atoms with Crippen LogP contribution in [0.15, 0.2) is 23.2 Å². The lowest BCUT2D eigenvalue weighted by molar-refractivity contribution is 0.594. The van der Waals surface area contributed by atoms with E-state index in [0.29, 0.717) is 0 Å². The van der Waals surface area contributed by atoms with Crippen LogP contribution in [0, 0.1) is 11.3 Å². The van der Waals surface area contributed by atoms with Gasteiger partial charge in [-0.2, -0.15) is 5.26 Å². The van der Waals surface area contributed by atoms with Gasteiger partial charge in [0.25, 0.3) is 0 Å². The number of aromatic nitrogens is 1. The van der Waals surface area contributed by atoms with Gasteiger partial charge in [0.1, 0.15) is 11.8 Å². The molecule has 1 fully saturated rings. The molecule has 0 spiro atoms. The van der Waals surface area contributed by atoms with E-state index in [1.54, 1.807) is 0 Å². The Kier molecular flexibility index (Phi) is 2.01. The molecule has 0 radical (unpaired) electrons. The Balaban J connectivity index is 2.38. The summed E-state index contributed by atoms with van der Waals surface area (Å²) < 4.78 is 23.3. The molecule has 1 heterocycles. The molecule has 0 unspecified atom stereocenters. The predicted molar refractivity (Wildman–Crippen MR) is 49.2 cm³/mol. The minimum absolute atomic E-state index is 0.221. The lowest BCUT2D eigenvalue weighted by Crippen LogP contribution is -2.07. The number of hydrogen-bond acceptors (Lipinski definition) is 4. The fraction of sp³-hybridized carbons (Fsp3) is 0.333. The van der Waals surface area contributed by atoms with Crippen molar-refractivity contribution in [3.05, 3.63) is 24.0 Å². The van der Waals surface area contributed by atoms with Crippen molar-refractivity contribution in [1.82, 2.24) is 4.98 Å². The van der Waals surface area contributed by atoms with Gasteiger partial charge in [0, 0.05) is 6.20 Å². The van der Waals surface area contributed by atoms with Gasteiger partial charge in [-0.15, -0.1) is 0 Å². The molecule has 4 nitrogen and oxygen atoms in total. The average Bonchev–Trinajstić information content (AvgIpc) is 3.01. The summed E-state index contributed by atoms with van der Waals surface area (Å²) in [6.45, 7) is 0. The zero-order valence-corrected chi connectivity index (χ0v) is 8.16. The Hall–Kier alpha value is -1.41. The van der Waals surface area contributed by atoms with E-state index in [4.69, 9.17) is 5.26 Å². The SMILES string of the molecule is N#Cc1ccc(S(=O)(=O)C2CC2)cn1. The summed E-state index contributed by atoms with van der Waals surface area (Å²) in [6.07, 6.45) is 2.73. The highest BCUT2D eigenvalue weighted by Gasteiger charge is 2.36. The molecule has 1 aromatic heterocycles. The summed E-state index contributed by atoms with van der Waals surface area (Å²) in [5.74, 6) is 0. The van der Waals surface area contributed by atoms with Crippen molar-refractivity contribution in [3.8, 4) is 6.07 Å². The van der Waals surface area contributed by atoms with Crippen molar-refractivity contribution < 1.29 is 8.42 Å². The van der Waals surface area contributed by atoms with Crippen LogP contribution in [0.4, 0.5) is 0 Å². The topological polar surface area (TPSA) is 70.8 Å². The van der Waals surface area contributed by atoms with Gasteiger partial charge in [-0.3, -0.25) is 0 Å². The fourth-order valence-corrected chi connectivity index (χ4v) is 2.78. The molecule has 2 rings (SSSR count). The van der Waals surface area contributed by atoms with Gasteiger partial charge in [-0.05, 0) is 25.0 Å². The molecule has 0 N–H and O–H groups in total. The quantitative estimate of drug-likeness (QED) is 0.723. The number of nitrogens with zero attached hydrogens (tertiary/aromatic N) is 2. The van der Waals surface area contributed by atoms with E-state index in [1.807, 2.05) is 6.07 Å². The smallest absolute Gasteiger partial charge is 0.182 e. The third kappa shape index (κ3) is 1.49. The van der Waals surface area contributed by atoms with Crippen LogP contribution in [0.25, 0.3) is 0 Å². The largest absolute Gasteiger partial charge is 0.244 e. The second kappa shape index (κ2) is 3.07. The van der Waals surface area contributed by atoms with Crippen molar-refractivity contribution in [2.45, 2.75) is 23.0 Å². The van der Waals surface area contributed by atoms with Crippen molar-refractivity contribution in [2.24, 2.45) is 0 Å². The van der Waals surface area contributed by atoms with Gasteiger partial charge in [0.05, 0.1) is 10.1 Å². The van der Waals surface area contributed by atoms with Crippen LogP contribution >= 0.6 is 0 Å². The fourth-order valence-electron chi connectivity index (χ4n) is 1.19. The second-order valence-corrected chi connectivity index (χ2v) is 5.46. The van der Waals surface area contributed by atoms with Crippen LogP contribution in [0.2, 0.25) is 0 Å². The number of sulfone groups is 1. The molecule has 0 saturated heterocycles. The summed E-state index contributed by atoms with van der Waals surface area (Å²) >= 11 is 0. The maximum Gasteiger partial charge on any atom is 0.182 e. The molecule has 0 amide bonds. The number of pyridine rings is 1. The van der Waals surface area contributed by atoms with Gasteiger partial charge in [-0.25, -0.2) is 13.4 Å². The highest BCUT2D eigenvalue weighted by molar-refractivity contribution is 7.92. The highest BCUT2D eigenvalue weighted by Crippen LogP contribution is 2.32. The molecular formula is C9H8N2O2S. The average molecular weight is 208 g/mol. The Labute approximate surface area is 82.1 Å². The Morgan fingerprint density at radius 1 is 1.43 bits per heavy atom.